The van der Waals surface area contributed by atoms with Crippen molar-refractivity contribution >= 4 is 5.91 Å². The fraction of sp³-hybridized carbons (Fsp3) is 0.900. The van der Waals surface area contributed by atoms with Gasteiger partial charge < -0.3 is 9.64 Å². The normalized spacial score (nSPS) is 33.2. The van der Waals surface area contributed by atoms with Gasteiger partial charge >= 0.3 is 0 Å². The summed E-state index contributed by atoms with van der Waals surface area (Å²) >= 11 is 0. The maximum absolute atomic E-state index is 11.5. The van der Waals surface area contributed by atoms with Crippen molar-refractivity contribution in [2.45, 2.75) is 26.4 Å². The predicted octanol–water partition coefficient (Wildman–Crippen LogP) is 0.890. The number of epoxide rings is 1. The van der Waals surface area contributed by atoms with Crippen LogP contribution in [0.25, 0.3) is 0 Å². The van der Waals surface area contributed by atoms with Gasteiger partial charge in [0.25, 0.3) is 0 Å². The van der Waals surface area contributed by atoms with Crippen molar-refractivity contribution in [3.63, 3.8) is 0 Å². The largest absolute Gasteiger partial charge is 0.371 e. The first-order valence-electron chi connectivity index (χ1n) is 5.06. The summed E-state index contributed by atoms with van der Waals surface area (Å²) < 4.78 is 5.12. The van der Waals surface area contributed by atoms with E-state index in [2.05, 4.69) is 13.8 Å². The van der Waals surface area contributed by atoms with Crippen LogP contribution in [0.5, 0.6) is 0 Å². The highest BCUT2D eigenvalue weighted by Crippen LogP contribution is 2.26. The van der Waals surface area contributed by atoms with Crippen LogP contribution in [0.3, 0.4) is 0 Å². The molecule has 2 atom stereocenters. The zero-order valence-corrected chi connectivity index (χ0v) is 8.32. The Morgan fingerprint density at radius 2 is 2.31 bits per heavy atom. The lowest BCUT2D eigenvalue weighted by Crippen LogP contribution is -2.29. The number of nitrogens with zero attached hydrogens (tertiary/aromatic N) is 1. The molecule has 2 fully saturated rings. The van der Waals surface area contributed by atoms with E-state index < -0.39 is 0 Å². The van der Waals surface area contributed by atoms with Gasteiger partial charge in [-0.1, -0.05) is 13.8 Å². The lowest BCUT2D eigenvalue weighted by atomic mass is 9.95. The fourth-order valence-electron chi connectivity index (χ4n) is 1.84. The molecule has 0 bridgehead atoms. The topological polar surface area (TPSA) is 32.8 Å². The summed E-state index contributed by atoms with van der Waals surface area (Å²) in [6.45, 7) is 6.98. The summed E-state index contributed by atoms with van der Waals surface area (Å²) in [6, 6.07) is 0. The van der Waals surface area contributed by atoms with Gasteiger partial charge in [0.15, 0.2) is 0 Å². The fourth-order valence-corrected chi connectivity index (χ4v) is 1.84. The minimum absolute atomic E-state index is 0.314. The second kappa shape index (κ2) is 3.29. The number of carbonyl (C=O) groups is 1. The molecule has 2 rings (SSSR count). The third kappa shape index (κ3) is 2.02. The molecule has 2 aliphatic rings. The minimum atomic E-state index is 0.314. The lowest BCUT2D eigenvalue weighted by molar-refractivity contribution is -0.127. The monoisotopic (exact) mass is 183 g/mol. The van der Waals surface area contributed by atoms with E-state index in [-0.39, 0.29) is 0 Å². The van der Waals surface area contributed by atoms with Gasteiger partial charge in [0.2, 0.25) is 5.91 Å². The van der Waals surface area contributed by atoms with Crippen LogP contribution in [0.4, 0.5) is 0 Å². The first-order valence-corrected chi connectivity index (χ1v) is 5.06. The summed E-state index contributed by atoms with van der Waals surface area (Å²) in [6.07, 6.45) is 1.08. The molecule has 0 aromatic carbocycles. The number of hydrogen-bond donors (Lipinski definition) is 0. The standard InChI is InChI=1S/C10H17NO2/c1-7(2)8-3-10(12)11(4-8)5-9-6-13-9/h7-9H,3-6H2,1-2H3/t8?,9-/m1/s1. The van der Waals surface area contributed by atoms with Crippen molar-refractivity contribution in [2.24, 2.45) is 11.8 Å². The summed E-state index contributed by atoms with van der Waals surface area (Å²) in [7, 11) is 0. The molecule has 3 nitrogen and oxygen atoms in total. The van der Waals surface area contributed by atoms with E-state index in [1.165, 1.54) is 0 Å². The second-order valence-corrected chi connectivity index (χ2v) is 4.46. The Morgan fingerprint density at radius 3 is 2.77 bits per heavy atom. The van der Waals surface area contributed by atoms with Crippen LogP contribution in [0.15, 0.2) is 0 Å². The highest BCUT2D eigenvalue weighted by atomic mass is 16.6. The van der Waals surface area contributed by atoms with Crippen LogP contribution in [0.1, 0.15) is 20.3 Å². The first kappa shape index (κ1) is 9.00. The van der Waals surface area contributed by atoms with Crippen molar-refractivity contribution in [1.29, 1.82) is 0 Å². The smallest absolute Gasteiger partial charge is 0.223 e. The zero-order valence-electron chi connectivity index (χ0n) is 8.32. The van der Waals surface area contributed by atoms with E-state index in [1.807, 2.05) is 4.90 Å². The van der Waals surface area contributed by atoms with E-state index >= 15 is 0 Å². The Bertz CT molecular complexity index is 211. The molecule has 0 radical (unpaired) electrons. The number of amides is 1. The average molecular weight is 183 g/mol. The molecule has 0 aromatic heterocycles. The van der Waals surface area contributed by atoms with Gasteiger partial charge in [-0.3, -0.25) is 4.79 Å². The molecule has 0 aromatic rings. The van der Waals surface area contributed by atoms with Crippen molar-refractivity contribution in [3.05, 3.63) is 0 Å². The number of carbonyl (C=O) groups excluding carboxylic acids is 1. The van der Waals surface area contributed by atoms with Crippen LogP contribution in [-0.2, 0) is 9.53 Å². The lowest BCUT2D eigenvalue weighted by Gasteiger charge is -2.16. The Hall–Kier alpha value is -0.570. The first-order chi connectivity index (χ1) is 6.16. The summed E-state index contributed by atoms with van der Waals surface area (Å²) in [5.41, 5.74) is 0. The van der Waals surface area contributed by atoms with Gasteiger partial charge in [0, 0.05) is 19.5 Å². The molecular weight excluding hydrogens is 166 g/mol. The van der Waals surface area contributed by atoms with Crippen LogP contribution < -0.4 is 0 Å². The molecule has 0 saturated carbocycles. The summed E-state index contributed by atoms with van der Waals surface area (Å²) in [5, 5.41) is 0. The molecular formula is C10H17NO2. The van der Waals surface area contributed by atoms with E-state index in [1.54, 1.807) is 0 Å². The quantitative estimate of drug-likeness (QED) is 0.609. The third-order valence-electron chi connectivity index (χ3n) is 3.01. The Kier molecular flexibility index (Phi) is 2.28. The Morgan fingerprint density at radius 1 is 1.62 bits per heavy atom. The molecule has 74 valence electrons. The maximum Gasteiger partial charge on any atom is 0.223 e. The number of hydrogen-bond acceptors (Lipinski definition) is 2. The molecule has 0 N–H and O–H groups in total. The van der Waals surface area contributed by atoms with Crippen LogP contribution in [-0.4, -0.2) is 36.6 Å². The highest BCUT2D eigenvalue weighted by Gasteiger charge is 2.35. The highest BCUT2D eigenvalue weighted by molar-refractivity contribution is 5.78. The van der Waals surface area contributed by atoms with Crippen LogP contribution >= 0.6 is 0 Å². The number of rotatable bonds is 3. The Balaban J connectivity index is 1.87. The van der Waals surface area contributed by atoms with Crippen LogP contribution in [0, 0.1) is 11.8 Å². The number of ether oxygens (including phenoxy) is 1. The van der Waals surface area contributed by atoms with Crippen molar-refractivity contribution in [1.82, 2.24) is 4.90 Å². The summed E-state index contributed by atoms with van der Waals surface area (Å²) in [4.78, 5) is 13.5. The van der Waals surface area contributed by atoms with E-state index in [0.29, 0.717) is 23.8 Å². The van der Waals surface area contributed by atoms with Crippen molar-refractivity contribution in [2.75, 3.05) is 19.7 Å². The van der Waals surface area contributed by atoms with Crippen LogP contribution in [0.2, 0.25) is 0 Å². The van der Waals surface area contributed by atoms with Gasteiger partial charge in [0.1, 0.15) is 0 Å². The van der Waals surface area contributed by atoms with E-state index in [0.717, 1.165) is 26.1 Å². The predicted molar refractivity (Wildman–Crippen MR) is 49.3 cm³/mol. The van der Waals surface area contributed by atoms with Gasteiger partial charge in [-0.15, -0.1) is 0 Å². The van der Waals surface area contributed by atoms with Crippen molar-refractivity contribution in [3.8, 4) is 0 Å². The maximum atomic E-state index is 11.5. The molecule has 2 heterocycles. The van der Waals surface area contributed by atoms with E-state index in [4.69, 9.17) is 4.74 Å². The molecule has 2 saturated heterocycles. The molecule has 1 unspecified atom stereocenters. The number of likely N-dealkylation sites (tertiary alicyclic amines) is 1. The Labute approximate surface area is 79.0 Å². The van der Waals surface area contributed by atoms with Crippen molar-refractivity contribution < 1.29 is 9.53 Å². The zero-order chi connectivity index (χ0) is 9.42. The molecule has 3 heteroatoms. The molecule has 1 amide bonds. The van der Waals surface area contributed by atoms with Gasteiger partial charge in [-0.25, -0.2) is 0 Å². The summed E-state index contributed by atoms with van der Waals surface area (Å²) in [5.74, 6) is 1.49. The third-order valence-corrected chi connectivity index (χ3v) is 3.01. The van der Waals surface area contributed by atoms with Gasteiger partial charge in [-0.05, 0) is 11.8 Å². The van der Waals surface area contributed by atoms with Gasteiger partial charge in [0.05, 0.1) is 12.7 Å². The second-order valence-electron chi connectivity index (χ2n) is 4.46. The molecule has 0 aliphatic carbocycles. The average Bonchev–Trinajstić information content (AvgIpc) is 2.78. The molecule has 13 heavy (non-hydrogen) atoms. The molecule has 0 spiro atoms. The van der Waals surface area contributed by atoms with Gasteiger partial charge in [-0.2, -0.15) is 0 Å². The van der Waals surface area contributed by atoms with E-state index in [9.17, 15) is 4.79 Å². The minimum Gasteiger partial charge on any atom is -0.371 e. The SMILES string of the molecule is CC(C)C1CC(=O)N(C[C@@H]2CO2)C1. The molecule has 2 aliphatic heterocycles.